The molecule has 1 radical (unpaired) electrons. The predicted octanol–water partition coefficient (Wildman–Crippen LogP) is 1.91. The summed E-state index contributed by atoms with van der Waals surface area (Å²) in [4.78, 5) is 12.6. The summed E-state index contributed by atoms with van der Waals surface area (Å²) in [6.07, 6.45) is 20.5. The molecule has 4 saturated carbocycles. The Morgan fingerprint density at radius 3 is 0.977 bits per heavy atom. The normalized spacial score (nSPS) is 54.8. The number of hydrogen-bond acceptors (Lipinski definition) is 9. The van der Waals surface area contributed by atoms with Gasteiger partial charge in [0.15, 0.2) is 0 Å². The molecular weight excluding hydrogens is 599 g/mol. The van der Waals surface area contributed by atoms with Crippen molar-refractivity contribution in [2.75, 3.05) is 0 Å². The first kappa shape index (κ1) is 31.0. The van der Waals surface area contributed by atoms with Crippen molar-refractivity contribution >= 4 is 5.97 Å². The Kier molecular flexibility index (Phi) is 8.86. The molecule has 17 unspecified atom stereocenters. The Morgan fingerprint density at radius 1 is 0.386 bits per heavy atom. The van der Waals surface area contributed by atoms with Crippen LogP contribution in [0.5, 0.6) is 0 Å². The molecule has 44 heavy (non-hydrogen) atoms. The van der Waals surface area contributed by atoms with Crippen LogP contribution in [0.2, 0.25) is 0 Å². The fourth-order valence-corrected chi connectivity index (χ4v) is 12.3. The Hall–Kier alpha value is -0.344. The van der Waals surface area contributed by atoms with Crippen LogP contribution < -0.4 is 42.5 Å². The van der Waals surface area contributed by atoms with E-state index in [1.54, 1.807) is 0 Å². The Morgan fingerprint density at radius 2 is 0.659 bits per heavy atom. The monoisotopic (exact) mass is 655 g/mol. The average molecular weight is 656 g/mol. The molecule has 0 amide bonds. The topological polar surface area (TPSA) is 134 Å². The SMILES string of the molecule is O=C(O)C1CCCC2C3NC4NC(NC5NC(NC6NC(NC(N3)C12)C1CCCCC61)C1CCCCC51)C1CCCCC41.[Co]. The molecule has 17 atom stereocenters. The molecule has 11 heteroatoms. The predicted molar refractivity (Wildman–Crippen MR) is 164 cm³/mol. The van der Waals surface area contributed by atoms with Gasteiger partial charge in [0, 0.05) is 22.7 Å². The van der Waals surface area contributed by atoms with Crippen LogP contribution in [-0.2, 0) is 21.6 Å². The fraction of sp³-hybridized carbons (Fsp3) is 0.970. The molecule has 0 spiro atoms. The zero-order chi connectivity index (χ0) is 28.7. The smallest absolute Gasteiger partial charge is 0.306 e. The molecule has 5 saturated heterocycles. The summed E-state index contributed by atoms with van der Waals surface area (Å²) in [7, 11) is 0. The van der Waals surface area contributed by atoms with Gasteiger partial charge in [-0.3, -0.25) is 47.3 Å². The van der Waals surface area contributed by atoms with E-state index in [2.05, 4.69) is 42.5 Å². The van der Waals surface area contributed by atoms with Crippen LogP contribution in [0.3, 0.4) is 0 Å². The van der Waals surface area contributed by atoms with Gasteiger partial charge in [-0.2, -0.15) is 0 Å². The molecule has 0 aromatic carbocycles. The second kappa shape index (κ2) is 12.6. The van der Waals surface area contributed by atoms with Crippen LogP contribution in [0.1, 0.15) is 96.3 Å². The summed E-state index contributed by atoms with van der Waals surface area (Å²) >= 11 is 0. The van der Waals surface area contributed by atoms with Crippen molar-refractivity contribution in [3.05, 3.63) is 0 Å². The molecule has 5 aliphatic heterocycles. The van der Waals surface area contributed by atoms with Gasteiger partial charge < -0.3 is 5.11 Å². The van der Waals surface area contributed by atoms with E-state index in [0.717, 1.165) is 19.3 Å². The maximum Gasteiger partial charge on any atom is 0.306 e. The number of carbonyl (C=O) groups is 1. The van der Waals surface area contributed by atoms with Gasteiger partial charge >= 0.3 is 5.97 Å². The van der Waals surface area contributed by atoms with Gasteiger partial charge in [-0.15, -0.1) is 0 Å². The molecule has 0 aromatic rings. The van der Waals surface area contributed by atoms with Crippen molar-refractivity contribution in [3.8, 4) is 0 Å². The van der Waals surface area contributed by atoms with E-state index in [-0.39, 0.29) is 53.3 Å². The van der Waals surface area contributed by atoms with E-state index >= 15 is 0 Å². The van der Waals surface area contributed by atoms with Crippen LogP contribution >= 0.6 is 0 Å². The first-order valence-corrected chi connectivity index (χ1v) is 18.4. The summed E-state index contributed by atoms with van der Waals surface area (Å²) in [5.74, 6) is 3.36. The molecule has 0 aromatic heterocycles. The molecule has 9 aliphatic rings. The van der Waals surface area contributed by atoms with E-state index in [1.165, 1.54) is 77.0 Å². The Labute approximate surface area is 273 Å². The van der Waals surface area contributed by atoms with Gasteiger partial charge in [-0.1, -0.05) is 44.9 Å². The number of carboxylic acid groups (broad SMARTS) is 1. The zero-order valence-corrected chi connectivity index (χ0v) is 27.2. The van der Waals surface area contributed by atoms with Crippen LogP contribution in [0.25, 0.3) is 0 Å². The summed E-state index contributed by atoms with van der Waals surface area (Å²) in [5.41, 5.74) is 0. The minimum atomic E-state index is -0.607. The van der Waals surface area contributed by atoms with Gasteiger partial charge in [0.25, 0.3) is 0 Å². The van der Waals surface area contributed by atoms with Crippen LogP contribution in [-0.4, -0.2) is 60.4 Å². The summed E-state index contributed by atoms with van der Waals surface area (Å²) in [6, 6.07) is 0. The van der Waals surface area contributed by atoms with Crippen molar-refractivity contribution < 1.29 is 26.7 Å². The van der Waals surface area contributed by atoms with E-state index in [9.17, 15) is 9.90 Å². The second-order valence-corrected chi connectivity index (χ2v) is 16.1. The second-order valence-electron chi connectivity index (χ2n) is 16.1. The summed E-state index contributed by atoms with van der Waals surface area (Å²) < 4.78 is 0. The number of hydrogen-bond donors (Lipinski definition) is 9. The van der Waals surface area contributed by atoms with E-state index < -0.39 is 5.97 Å². The maximum absolute atomic E-state index is 12.6. The van der Waals surface area contributed by atoms with Crippen molar-refractivity contribution in [2.45, 2.75) is 146 Å². The van der Waals surface area contributed by atoms with Gasteiger partial charge in [0.2, 0.25) is 0 Å². The van der Waals surface area contributed by atoms with Gasteiger partial charge in [0.1, 0.15) is 0 Å². The van der Waals surface area contributed by atoms with E-state index in [1.807, 2.05) is 0 Å². The Balaban J connectivity index is 0.00000289. The van der Waals surface area contributed by atoms with Crippen molar-refractivity contribution in [2.24, 2.45) is 53.3 Å². The maximum atomic E-state index is 12.6. The molecule has 5 heterocycles. The van der Waals surface area contributed by atoms with Gasteiger partial charge in [0.05, 0.1) is 55.2 Å². The molecule has 8 bridgehead atoms. The van der Waals surface area contributed by atoms with Crippen molar-refractivity contribution in [3.63, 3.8) is 0 Å². The minimum Gasteiger partial charge on any atom is -0.481 e. The number of carboxylic acids is 1. The molecule has 249 valence electrons. The molecule has 10 nitrogen and oxygen atoms in total. The van der Waals surface area contributed by atoms with Gasteiger partial charge in [-0.25, -0.2) is 0 Å². The van der Waals surface area contributed by atoms with E-state index in [4.69, 9.17) is 0 Å². The third-order valence-corrected chi connectivity index (χ3v) is 14.2. The van der Waals surface area contributed by atoms with Crippen molar-refractivity contribution in [1.29, 1.82) is 0 Å². The first-order chi connectivity index (χ1) is 21.1. The fourth-order valence-electron chi connectivity index (χ4n) is 12.3. The molecule has 9 fully saturated rings. The molecule has 9 N–H and O–H groups in total. The molecular formula is C33H56CoN8O2. The number of aliphatic carboxylic acids is 1. The Bertz CT molecular complexity index is 1050. The van der Waals surface area contributed by atoms with Crippen molar-refractivity contribution in [1.82, 2.24) is 42.5 Å². The number of rotatable bonds is 1. The van der Waals surface area contributed by atoms with E-state index in [0.29, 0.717) is 66.1 Å². The van der Waals surface area contributed by atoms with Crippen LogP contribution in [0.4, 0.5) is 0 Å². The van der Waals surface area contributed by atoms with Crippen LogP contribution in [0.15, 0.2) is 0 Å². The third kappa shape index (κ3) is 5.24. The molecule has 4 aliphatic carbocycles. The van der Waals surface area contributed by atoms with Gasteiger partial charge in [-0.05, 0) is 92.8 Å². The minimum absolute atomic E-state index is 0. The molecule has 9 rings (SSSR count). The average Bonchev–Trinajstić information content (AvgIpc) is 3.76. The largest absolute Gasteiger partial charge is 0.481 e. The standard InChI is InChI=1S/C33H56N8O2.Co/c42-33(43)23-15-7-14-22-24(23)32-40-30-21-13-6-5-12-20(21)28(38-30)36-26-17-9-2-1-8-16(17)25(34-26)35-27-18-10-3-4-11-19(18)29(37-27)39-31(22)41-32;/h16-32,34-41H,1-15H2,(H,42,43);. The third-order valence-electron chi connectivity index (χ3n) is 14.2. The quantitative estimate of drug-likeness (QED) is 0.207. The summed E-state index contributed by atoms with van der Waals surface area (Å²) in [6.45, 7) is 0. The summed E-state index contributed by atoms with van der Waals surface area (Å²) in [5, 5.41) is 43.3. The number of nitrogens with one attached hydrogen (secondary N) is 8. The zero-order valence-electron chi connectivity index (χ0n) is 26.1. The number of fused-ring (bicyclic) bond motifs is 20. The van der Waals surface area contributed by atoms with Crippen LogP contribution in [0, 0.1) is 53.3 Å². The first-order valence-electron chi connectivity index (χ1n) is 18.4.